The minimum absolute atomic E-state index is 0.0613. The lowest BCUT2D eigenvalue weighted by Crippen LogP contribution is -2.49. The fraction of sp³-hybridized carbons (Fsp3) is 0.556. The fourth-order valence-corrected chi connectivity index (χ4v) is 4.85. The van der Waals surface area contributed by atoms with Gasteiger partial charge in [0.25, 0.3) is 5.91 Å². The molecule has 1 amide bonds. The van der Waals surface area contributed by atoms with Crippen LogP contribution in [0.25, 0.3) is 0 Å². The summed E-state index contributed by atoms with van der Waals surface area (Å²) in [4.78, 5) is 25.8. The van der Waals surface area contributed by atoms with Gasteiger partial charge in [-0.05, 0) is 66.4 Å². The number of hydrogen-bond donors (Lipinski definition) is 4. The minimum atomic E-state index is -1.42. The Kier molecular flexibility index (Phi) is 7.97. The third-order valence-corrected chi connectivity index (χ3v) is 6.99. The summed E-state index contributed by atoms with van der Waals surface area (Å²) in [7, 11) is 0. The van der Waals surface area contributed by atoms with Crippen molar-refractivity contribution in [3.8, 4) is 11.5 Å². The lowest BCUT2D eigenvalue weighted by Gasteiger charge is -2.41. The van der Waals surface area contributed by atoms with Crippen molar-refractivity contribution in [1.82, 2.24) is 4.90 Å². The monoisotopic (exact) mass is 487 g/mol. The molecule has 0 spiro atoms. The van der Waals surface area contributed by atoms with Gasteiger partial charge < -0.3 is 30.1 Å². The van der Waals surface area contributed by atoms with Crippen molar-refractivity contribution in [2.75, 3.05) is 0 Å². The molecule has 4 unspecified atom stereocenters. The number of aliphatic hydroxyl groups excluding tert-OH is 2. The Balaban J connectivity index is 1.84. The highest BCUT2D eigenvalue weighted by Crippen LogP contribution is 2.46. The second-order valence-corrected chi connectivity index (χ2v) is 10.2. The van der Waals surface area contributed by atoms with Crippen LogP contribution in [-0.4, -0.2) is 61.1 Å². The number of aliphatic hydroxyl groups is 2. The molecule has 0 radical (unpaired) electrons. The topological polar surface area (TPSA) is 128 Å². The first-order chi connectivity index (χ1) is 16.4. The number of nitrogens with zero attached hydrogens (tertiary/aromatic N) is 1. The number of carboxylic acids is 1. The summed E-state index contributed by atoms with van der Waals surface area (Å²) in [5, 5.41) is 41.0. The van der Waals surface area contributed by atoms with Crippen molar-refractivity contribution >= 4 is 11.9 Å². The van der Waals surface area contributed by atoms with E-state index in [-0.39, 0.29) is 24.3 Å². The molecule has 0 aliphatic carbocycles. The van der Waals surface area contributed by atoms with Crippen LogP contribution < -0.4 is 4.74 Å². The fourth-order valence-electron chi connectivity index (χ4n) is 4.85. The van der Waals surface area contributed by atoms with Gasteiger partial charge in [-0.15, -0.1) is 0 Å². The van der Waals surface area contributed by atoms with Crippen molar-refractivity contribution in [3.05, 3.63) is 46.1 Å². The summed E-state index contributed by atoms with van der Waals surface area (Å²) in [6, 6.07) is -0.123. The van der Waals surface area contributed by atoms with Crippen LogP contribution in [0.5, 0.6) is 11.5 Å². The predicted octanol–water partition coefficient (Wildman–Crippen LogP) is 3.71. The van der Waals surface area contributed by atoms with Gasteiger partial charge >= 0.3 is 5.97 Å². The van der Waals surface area contributed by atoms with E-state index in [0.717, 1.165) is 17.7 Å². The second-order valence-electron chi connectivity index (χ2n) is 10.2. The number of carbonyl (C=O) groups excluding carboxylic acids is 1. The molecule has 2 aliphatic rings. The molecule has 0 fully saturated rings. The number of amides is 1. The van der Waals surface area contributed by atoms with Gasteiger partial charge in [-0.1, -0.05) is 23.3 Å². The maximum Gasteiger partial charge on any atom is 0.329 e. The highest BCUT2D eigenvalue weighted by Gasteiger charge is 2.46. The number of rotatable bonds is 9. The third-order valence-electron chi connectivity index (χ3n) is 6.99. The smallest absolute Gasteiger partial charge is 0.329 e. The van der Waals surface area contributed by atoms with E-state index in [9.17, 15) is 30.0 Å². The van der Waals surface area contributed by atoms with E-state index in [1.165, 1.54) is 24.1 Å². The Labute approximate surface area is 206 Å². The Morgan fingerprint density at radius 3 is 2.54 bits per heavy atom. The summed E-state index contributed by atoms with van der Waals surface area (Å²) in [6.45, 7) is 9.31. The van der Waals surface area contributed by atoms with Gasteiger partial charge in [0.2, 0.25) is 0 Å². The minimum Gasteiger partial charge on any atom is -0.508 e. The molecule has 2 aliphatic heterocycles. The van der Waals surface area contributed by atoms with E-state index >= 15 is 0 Å². The number of carbonyl (C=O) groups is 2. The lowest BCUT2D eigenvalue weighted by atomic mass is 9.84. The SMILES string of the molecule is CC(C)=CCCC(C)=CCCC1(C)Oc2c(c(O)cc3c2CN(C(C(=O)O)C(C)O)C3=O)CC1O. The normalized spacial score (nSPS) is 23.3. The maximum atomic E-state index is 13.0. The number of carboxylic acid groups (broad SMARTS) is 1. The quantitative estimate of drug-likeness (QED) is 0.391. The number of fused-ring (bicyclic) bond motifs is 3. The highest BCUT2D eigenvalue weighted by atomic mass is 16.5. The molecule has 2 heterocycles. The van der Waals surface area contributed by atoms with E-state index in [1.54, 1.807) is 0 Å². The Bertz CT molecular complexity index is 1050. The van der Waals surface area contributed by atoms with E-state index in [1.807, 2.05) is 6.92 Å². The van der Waals surface area contributed by atoms with Gasteiger partial charge in [0.15, 0.2) is 6.04 Å². The van der Waals surface area contributed by atoms with Crippen LogP contribution in [0.15, 0.2) is 29.4 Å². The first-order valence-electron chi connectivity index (χ1n) is 12.1. The molecule has 1 aromatic carbocycles. The molecular weight excluding hydrogens is 450 g/mol. The van der Waals surface area contributed by atoms with Crippen LogP contribution in [0.3, 0.4) is 0 Å². The first kappa shape index (κ1) is 26.8. The largest absolute Gasteiger partial charge is 0.508 e. The van der Waals surface area contributed by atoms with Crippen molar-refractivity contribution in [3.63, 3.8) is 0 Å². The van der Waals surface area contributed by atoms with Gasteiger partial charge in [0.1, 0.15) is 17.1 Å². The Hall–Kier alpha value is -2.84. The van der Waals surface area contributed by atoms with Gasteiger partial charge in [-0.2, -0.15) is 0 Å². The number of phenolic OH excluding ortho intramolecular Hbond substituents is 1. The van der Waals surface area contributed by atoms with Crippen molar-refractivity contribution in [2.24, 2.45) is 0 Å². The van der Waals surface area contributed by atoms with E-state index in [2.05, 4.69) is 32.9 Å². The first-order valence-corrected chi connectivity index (χ1v) is 12.1. The van der Waals surface area contributed by atoms with Crippen LogP contribution in [0.1, 0.15) is 81.8 Å². The number of phenols is 1. The van der Waals surface area contributed by atoms with Gasteiger partial charge in [-0.3, -0.25) is 4.79 Å². The summed E-state index contributed by atoms with van der Waals surface area (Å²) < 4.78 is 6.31. The summed E-state index contributed by atoms with van der Waals surface area (Å²) >= 11 is 0. The van der Waals surface area contributed by atoms with Crippen molar-refractivity contribution < 1.29 is 34.8 Å². The van der Waals surface area contributed by atoms with E-state index in [4.69, 9.17) is 4.74 Å². The number of benzene rings is 1. The van der Waals surface area contributed by atoms with E-state index < -0.39 is 35.7 Å². The predicted molar refractivity (Wildman–Crippen MR) is 131 cm³/mol. The average Bonchev–Trinajstić information content (AvgIpc) is 3.05. The Morgan fingerprint density at radius 2 is 1.94 bits per heavy atom. The van der Waals surface area contributed by atoms with Crippen molar-refractivity contribution in [1.29, 1.82) is 0 Å². The lowest BCUT2D eigenvalue weighted by molar-refractivity contribution is -0.146. The number of ether oxygens (including phenoxy) is 1. The molecule has 0 aromatic heterocycles. The van der Waals surface area contributed by atoms with Crippen LogP contribution >= 0.6 is 0 Å². The number of aliphatic carboxylic acids is 1. The molecule has 3 rings (SSSR count). The van der Waals surface area contributed by atoms with Crippen LogP contribution in [0, 0.1) is 0 Å². The molecule has 0 saturated heterocycles. The number of hydrogen-bond acceptors (Lipinski definition) is 6. The molecule has 1 aromatic rings. The van der Waals surface area contributed by atoms with Crippen LogP contribution in [0.4, 0.5) is 0 Å². The maximum absolute atomic E-state index is 13.0. The second kappa shape index (κ2) is 10.4. The van der Waals surface area contributed by atoms with Crippen LogP contribution in [-0.2, 0) is 17.8 Å². The molecule has 4 atom stereocenters. The highest BCUT2D eigenvalue weighted by molar-refractivity contribution is 6.02. The zero-order valence-corrected chi connectivity index (χ0v) is 21.2. The molecule has 0 saturated carbocycles. The van der Waals surface area contributed by atoms with Gasteiger partial charge in [0, 0.05) is 17.5 Å². The molecule has 4 N–H and O–H groups in total. The average molecular weight is 488 g/mol. The number of aromatic hydroxyl groups is 1. The molecule has 8 heteroatoms. The summed E-state index contributed by atoms with van der Waals surface area (Å²) in [5.74, 6) is -1.75. The molecule has 192 valence electrons. The van der Waals surface area contributed by atoms with Gasteiger partial charge in [-0.25, -0.2) is 4.79 Å². The molecule has 0 bridgehead atoms. The summed E-state index contributed by atoms with van der Waals surface area (Å²) in [6.07, 6.45) is 5.52. The number of allylic oxidation sites excluding steroid dienone is 4. The van der Waals surface area contributed by atoms with Gasteiger partial charge in [0.05, 0.1) is 24.3 Å². The molecule has 8 nitrogen and oxygen atoms in total. The summed E-state index contributed by atoms with van der Waals surface area (Å²) in [5.41, 5.74) is 2.63. The zero-order chi connectivity index (χ0) is 26.1. The Morgan fingerprint density at radius 1 is 1.26 bits per heavy atom. The van der Waals surface area contributed by atoms with Crippen LogP contribution in [0.2, 0.25) is 0 Å². The molecular formula is C27H37NO7. The standard InChI is InChI=1S/C27H37NO7/c1-15(2)8-6-9-16(3)10-7-11-27(5)22(31)13-19-21(30)12-18-20(24(19)35-27)14-28(25(18)32)23(17(4)29)26(33)34/h8,10,12,17,22-23,29-31H,6-7,9,11,13-14H2,1-5H3,(H,33,34). The van der Waals surface area contributed by atoms with Crippen molar-refractivity contribution in [2.45, 2.75) is 97.1 Å². The zero-order valence-electron chi connectivity index (χ0n) is 21.2. The molecule has 35 heavy (non-hydrogen) atoms. The third kappa shape index (κ3) is 5.54. The van der Waals surface area contributed by atoms with E-state index in [0.29, 0.717) is 29.7 Å².